The predicted octanol–water partition coefficient (Wildman–Crippen LogP) is 5.66. The summed E-state index contributed by atoms with van der Waals surface area (Å²) in [6.07, 6.45) is -3.09. The normalized spacial score (nSPS) is 11.4. The Morgan fingerprint density at radius 2 is 1.67 bits per heavy atom. The van der Waals surface area contributed by atoms with E-state index in [4.69, 9.17) is 4.74 Å². The molecule has 0 radical (unpaired) electrons. The number of anilines is 2. The molecule has 0 saturated heterocycles. The molecule has 42 heavy (non-hydrogen) atoms. The quantitative estimate of drug-likeness (QED) is 0.237. The molecule has 3 aromatic carbocycles. The second kappa shape index (κ2) is 11.6. The molecule has 0 fully saturated rings. The van der Waals surface area contributed by atoms with Crippen LogP contribution < -0.4 is 4.90 Å². The van der Waals surface area contributed by atoms with Crippen molar-refractivity contribution in [2.45, 2.75) is 26.6 Å². The van der Waals surface area contributed by atoms with Gasteiger partial charge in [0, 0.05) is 18.7 Å². The zero-order chi connectivity index (χ0) is 29.9. The van der Waals surface area contributed by atoms with Gasteiger partial charge >= 0.3 is 12.1 Å². The summed E-state index contributed by atoms with van der Waals surface area (Å²) in [4.78, 5) is 26.6. The predicted molar refractivity (Wildman–Crippen MR) is 147 cm³/mol. The van der Waals surface area contributed by atoms with Gasteiger partial charge in [0.05, 0.1) is 24.4 Å². The van der Waals surface area contributed by atoms with Gasteiger partial charge in [0.1, 0.15) is 5.56 Å². The number of carbonyl (C=O) groups is 2. The lowest BCUT2D eigenvalue weighted by atomic mass is 9.98. The number of hydrogen-bond donors (Lipinski definition) is 1. The van der Waals surface area contributed by atoms with E-state index in [9.17, 15) is 22.8 Å². The number of aromatic nitrogens is 6. The van der Waals surface area contributed by atoms with E-state index < -0.39 is 23.6 Å². The Morgan fingerprint density at radius 1 is 0.976 bits per heavy atom. The molecule has 0 aliphatic heterocycles. The van der Waals surface area contributed by atoms with Crippen LogP contribution in [0.25, 0.3) is 22.5 Å². The molecule has 0 aliphatic rings. The van der Waals surface area contributed by atoms with Crippen LogP contribution in [0.15, 0.2) is 79.0 Å². The van der Waals surface area contributed by atoms with Crippen molar-refractivity contribution < 1.29 is 27.5 Å². The zero-order valence-electron chi connectivity index (χ0n) is 22.5. The summed E-state index contributed by atoms with van der Waals surface area (Å²) in [5.74, 6) is -0.847. The van der Waals surface area contributed by atoms with Crippen molar-refractivity contribution in [1.82, 2.24) is 30.4 Å². The Kier molecular flexibility index (Phi) is 7.82. The van der Waals surface area contributed by atoms with E-state index in [-0.39, 0.29) is 30.2 Å². The summed E-state index contributed by atoms with van der Waals surface area (Å²) in [6.45, 7) is 3.18. The topological polar surface area (TPSA) is 119 Å². The van der Waals surface area contributed by atoms with Crippen molar-refractivity contribution in [2.75, 3.05) is 11.5 Å². The molecule has 1 N–H and O–H groups in total. The molecule has 1 amide bonds. The van der Waals surface area contributed by atoms with E-state index >= 15 is 0 Å². The lowest BCUT2D eigenvalue weighted by Crippen LogP contribution is -2.25. The number of ether oxygens (including phenoxy) is 1. The summed E-state index contributed by atoms with van der Waals surface area (Å²) in [5.41, 5.74) is 2.72. The minimum Gasteiger partial charge on any atom is -0.462 e. The number of nitrogens with one attached hydrogen (secondary N) is 1. The van der Waals surface area contributed by atoms with Gasteiger partial charge in [-0.05, 0) is 53.1 Å². The largest absolute Gasteiger partial charge is 0.462 e. The minimum absolute atomic E-state index is 0.00222. The Labute approximate surface area is 237 Å². The zero-order valence-corrected chi connectivity index (χ0v) is 22.5. The summed E-state index contributed by atoms with van der Waals surface area (Å²) >= 11 is 0. The lowest BCUT2D eigenvalue weighted by molar-refractivity contribution is -0.137. The third kappa shape index (κ3) is 5.89. The van der Waals surface area contributed by atoms with E-state index in [1.807, 2.05) is 48.5 Å². The molecule has 0 unspecified atom stereocenters. The van der Waals surface area contributed by atoms with Crippen molar-refractivity contribution in [3.8, 4) is 22.5 Å². The van der Waals surface area contributed by atoms with Gasteiger partial charge < -0.3 is 4.74 Å². The average Bonchev–Trinajstić information content (AvgIpc) is 3.64. The maximum absolute atomic E-state index is 13.1. The first-order valence-corrected chi connectivity index (χ1v) is 12.8. The van der Waals surface area contributed by atoms with Crippen LogP contribution in [0.3, 0.4) is 0 Å². The lowest BCUT2D eigenvalue weighted by Gasteiger charge is -2.20. The molecule has 2 aromatic heterocycles. The third-order valence-corrected chi connectivity index (χ3v) is 6.34. The SMILES string of the molecule is CCOC(=O)c1cn(Cc2ccc(-c3ccccc3-c3nn[nH]n3)cc2)nc1N(C(C)=O)c1ccc(C(F)(F)F)cc1. The number of tetrazole rings is 1. The fourth-order valence-electron chi connectivity index (χ4n) is 4.45. The molecule has 5 rings (SSSR count). The molecule has 5 aromatic rings. The number of rotatable bonds is 8. The standard InChI is InChI=1S/C29H24F3N7O3/c1-3-42-28(41)25-17-38(35-27(25)39(18(2)40)22-14-12-21(13-15-22)29(30,31)32)16-19-8-10-20(11-9-19)23-6-4-5-7-24(23)26-33-36-37-34-26/h4-15,17H,3,16H2,1-2H3,(H,33,34,36,37). The Morgan fingerprint density at radius 3 is 2.26 bits per heavy atom. The number of amides is 1. The third-order valence-electron chi connectivity index (χ3n) is 6.34. The first kappa shape index (κ1) is 28.2. The molecule has 0 spiro atoms. The van der Waals surface area contributed by atoms with E-state index in [2.05, 4.69) is 25.7 Å². The number of aromatic amines is 1. The highest BCUT2D eigenvalue weighted by molar-refractivity contribution is 6.04. The van der Waals surface area contributed by atoms with Crippen molar-refractivity contribution in [1.29, 1.82) is 0 Å². The van der Waals surface area contributed by atoms with Gasteiger partial charge in [-0.1, -0.05) is 48.5 Å². The van der Waals surface area contributed by atoms with E-state index in [0.717, 1.165) is 51.4 Å². The summed E-state index contributed by atoms with van der Waals surface area (Å²) in [6, 6.07) is 19.3. The van der Waals surface area contributed by atoms with Crippen molar-refractivity contribution in [3.05, 3.63) is 95.7 Å². The van der Waals surface area contributed by atoms with Crippen LogP contribution in [-0.2, 0) is 22.3 Å². The molecule has 0 saturated carbocycles. The molecule has 214 valence electrons. The van der Waals surface area contributed by atoms with Gasteiger partial charge in [0.2, 0.25) is 11.7 Å². The number of hydrogen-bond acceptors (Lipinski definition) is 7. The van der Waals surface area contributed by atoms with Crippen LogP contribution in [0.5, 0.6) is 0 Å². The first-order chi connectivity index (χ1) is 20.2. The van der Waals surface area contributed by atoms with Crippen LogP contribution >= 0.6 is 0 Å². The van der Waals surface area contributed by atoms with Gasteiger partial charge in [-0.3, -0.25) is 14.4 Å². The Bertz CT molecular complexity index is 1700. The van der Waals surface area contributed by atoms with Crippen molar-refractivity contribution in [2.24, 2.45) is 0 Å². The maximum Gasteiger partial charge on any atom is 0.416 e. The van der Waals surface area contributed by atoms with E-state index in [1.165, 1.54) is 17.8 Å². The number of halogens is 3. The van der Waals surface area contributed by atoms with Crippen LogP contribution in [0.2, 0.25) is 0 Å². The molecule has 0 aliphatic carbocycles. The van der Waals surface area contributed by atoms with Crippen molar-refractivity contribution >= 4 is 23.4 Å². The molecule has 0 bridgehead atoms. The van der Waals surface area contributed by atoms with Crippen LogP contribution in [0.4, 0.5) is 24.7 Å². The highest BCUT2D eigenvalue weighted by atomic mass is 19.4. The second-order valence-corrected chi connectivity index (χ2v) is 9.16. The van der Waals surface area contributed by atoms with Gasteiger partial charge in [0.25, 0.3) is 0 Å². The molecular formula is C29H24F3N7O3. The smallest absolute Gasteiger partial charge is 0.416 e. The molecular weight excluding hydrogens is 551 g/mol. The molecule has 13 heteroatoms. The van der Waals surface area contributed by atoms with Gasteiger partial charge in [-0.2, -0.15) is 23.5 Å². The Hall–Kier alpha value is -5.33. The Balaban J connectivity index is 1.46. The van der Waals surface area contributed by atoms with Gasteiger partial charge in [-0.25, -0.2) is 4.79 Å². The van der Waals surface area contributed by atoms with E-state index in [1.54, 1.807) is 6.92 Å². The fraction of sp³-hybridized carbons (Fsp3) is 0.172. The van der Waals surface area contributed by atoms with Crippen molar-refractivity contribution in [3.63, 3.8) is 0 Å². The van der Waals surface area contributed by atoms with Gasteiger partial charge in [-0.15, -0.1) is 10.2 Å². The summed E-state index contributed by atoms with van der Waals surface area (Å²) < 4.78 is 46.0. The van der Waals surface area contributed by atoms with Crippen LogP contribution in [0.1, 0.15) is 35.3 Å². The summed E-state index contributed by atoms with van der Waals surface area (Å²) in [5, 5.41) is 18.7. The fourth-order valence-corrected chi connectivity index (χ4v) is 4.45. The highest BCUT2D eigenvalue weighted by Crippen LogP contribution is 2.34. The molecule has 0 atom stereocenters. The average molecular weight is 576 g/mol. The molecule has 2 heterocycles. The number of alkyl halides is 3. The van der Waals surface area contributed by atoms with E-state index in [0.29, 0.717) is 5.82 Å². The minimum atomic E-state index is -4.54. The number of nitrogens with zero attached hydrogens (tertiary/aromatic N) is 6. The number of carbonyl (C=O) groups excluding carboxylic acids is 2. The number of H-pyrrole nitrogens is 1. The van der Waals surface area contributed by atoms with Crippen LogP contribution in [-0.4, -0.2) is 48.9 Å². The second-order valence-electron chi connectivity index (χ2n) is 9.16. The summed E-state index contributed by atoms with van der Waals surface area (Å²) in [7, 11) is 0. The number of benzene rings is 3. The highest BCUT2D eigenvalue weighted by Gasteiger charge is 2.31. The maximum atomic E-state index is 13.1. The number of esters is 1. The van der Waals surface area contributed by atoms with Gasteiger partial charge in [0.15, 0.2) is 5.82 Å². The monoisotopic (exact) mass is 575 g/mol. The van der Waals surface area contributed by atoms with Crippen LogP contribution in [0, 0.1) is 0 Å². The molecule has 10 nitrogen and oxygen atoms in total. The first-order valence-electron chi connectivity index (χ1n) is 12.8.